The monoisotopic (exact) mass is 358 g/mol. The van der Waals surface area contributed by atoms with E-state index in [1.165, 1.54) is 0 Å². The second-order valence-electron chi connectivity index (χ2n) is 5.84. The molecule has 1 aliphatic heterocycles. The van der Waals surface area contributed by atoms with Crippen LogP contribution in [0.2, 0.25) is 0 Å². The number of nitrogens with zero attached hydrogens (tertiary/aromatic N) is 1. The first-order valence-corrected chi connectivity index (χ1v) is 7.79. The summed E-state index contributed by atoms with van der Waals surface area (Å²) >= 11 is 0. The molecule has 1 N–H and O–H groups in total. The molecular formula is C17H27ClN2O4. The first-order chi connectivity index (χ1) is 11.0. The predicted octanol–water partition coefficient (Wildman–Crippen LogP) is 1.77. The van der Waals surface area contributed by atoms with Gasteiger partial charge in [-0.1, -0.05) is 0 Å². The maximum atomic E-state index is 12.6. The Kier molecular flexibility index (Phi) is 7.79. The lowest BCUT2D eigenvalue weighted by Gasteiger charge is -2.32. The van der Waals surface area contributed by atoms with Crippen LogP contribution in [0, 0.1) is 6.92 Å². The van der Waals surface area contributed by atoms with Gasteiger partial charge >= 0.3 is 0 Å². The van der Waals surface area contributed by atoms with Crippen LogP contribution >= 0.6 is 12.4 Å². The van der Waals surface area contributed by atoms with E-state index in [-0.39, 0.29) is 30.5 Å². The number of nitrogens with one attached hydrogen (secondary N) is 1. The fourth-order valence-electron chi connectivity index (χ4n) is 2.77. The number of hydrogen-bond acceptors (Lipinski definition) is 5. The van der Waals surface area contributed by atoms with Gasteiger partial charge in [0.2, 0.25) is 5.91 Å². The van der Waals surface area contributed by atoms with Crippen molar-refractivity contribution in [2.24, 2.45) is 0 Å². The SMILES string of the molecule is COc1cc(C)c(CN(C)C(=O)[C@H]2NCCO[C@@H]2C)cc1OC.Cl. The molecule has 0 bridgehead atoms. The van der Waals surface area contributed by atoms with E-state index < -0.39 is 0 Å². The number of methoxy groups -OCH3 is 2. The Morgan fingerprint density at radius 3 is 2.54 bits per heavy atom. The number of carbonyl (C=O) groups is 1. The summed E-state index contributed by atoms with van der Waals surface area (Å²) in [6, 6.07) is 3.55. The summed E-state index contributed by atoms with van der Waals surface area (Å²) in [4.78, 5) is 14.3. The van der Waals surface area contributed by atoms with Crippen LogP contribution in [0.15, 0.2) is 12.1 Å². The van der Waals surface area contributed by atoms with Gasteiger partial charge in [-0.05, 0) is 37.1 Å². The maximum absolute atomic E-state index is 12.6. The molecule has 0 spiro atoms. The van der Waals surface area contributed by atoms with Gasteiger partial charge in [0.15, 0.2) is 11.5 Å². The third kappa shape index (κ3) is 4.53. The van der Waals surface area contributed by atoms with Crippen LogP contribution in [0.25, 0.3) is 0 Å². The average molecular weight is 359 g/mol. The summed E-state index contributed by atoms with van der Waals surface area (Å²) in [5.74, 6) is 1.39. The summed E-state index contributed by atoms with van der Waals surface area (Å²) in [7, 11) is 5.03. The molecule has 136 valence electrons. The van der Waals surface area contributed by atoms with Crippen molar-refractivity contribution in [1.82, 2.24) is 10.2 Å². The van der Waals surface area contributed by atoms with Crippen molar-refractivity contribution in [2.45, 2.75) is 32.5 Å². The summed E-state index contributed by atoms with van der Waals surface area (Å²) < 4.78 is 16.2. The standard InChI is InChI=1S/C17H26N2O4.ClH/c1-11-8-14(21-4)15(22-5)9-13(11)10-19(3)17(20)16-12(2)23-7-6-18-16;/h8-9,12,16,18H,6-7,10H2,1-5H3;1H/t12-,16+;/m1./s1. The summed E-state index contributed by atoms with van der Waals surface area (Å²) in [6.07, 6.45) is -0.120. The molecule has 7 heteroatoms. The number of carbonyl (C=O) groups excluding carboxylic acids is 1. The number of aryl methyl sites for hydroxylation is 1. The normalized spacial score (nSPS) is 20.0. The number of halogens is 1. The van der Waals surface area contributed by atoms with Crippen molar-refractivity contribution in [3.63, 3.8) is 0 Å². The number of morpholine rings is 1. The average Bonchev–Trinajstić information content (AvgIpc) is 2.55. The number of ether oxygens (including phenoxy) is 3. The van der Waals surface area contributed by atoms with Crippen LogP contribution in [0.5, 0.6) is 11.5 Å². The van der Waals surface area contributed by atoms with Gasteiger partial charge < -0.3 is 24.4 Å². The van der Waals surface area contributed by atoms with Crippen molar-refractivity contribution >= 4 is 18.3 Å². The number of hydrogen-bond donors (Lipinski definition) is 1. The first kappa shape index (κ1) is 20.5. The van der Waals surface area contributed by atoms with E-state index in [0.29, 0.717) is 31.2 Å². The molecule has 0 radical (unpaired) electrons. The maximum Gasteiger partial charge on any atom is 0.242 e. The van der Waals surface area contributed by atoms with Crippen LogP contribution in [0.1, 0.15) is 18.1 Å². The van der Waals surface area contributed by atoms with E-state index in [0.717, 1.165) is 11.1 Å². The van der Waals surface area contributed by atoms with Crippen LogP contribution in [0.4, 0.5) is 0 Å². The fraction of sp³-hybridized carbons (Fsp3) is 0.588. The zero-order valence-corrected chi connectivity index (χ0v) is 15.7. The minimum absolute atomic E-state index is 0. The van der Waals surface area contributed by atoms with Crippen molar-refractivity contribution in [3.05, 3.63) is 23.3 Å². The zero-order valence-electron chi connectivity index (χ0n) is 14.9. The molecule has 1 aliphatic rings. The van der Waals surface area contributed by atoms with E-state index in [1.807, 2.05) is 33.0 Å². The van der Waals surface area contributed by atoms with Crippen molar-refractivity contribution < 1.29 is 19.0 Å². The third-order valence-corrected chi connectivity index (χ3v) is 4.21. The van der Waals surface area contributed by atoms with Gasteiger partial charge in [-0.2, -0.15) is 0 Å². The summed E-state index contributed by atoms with van der Waals surface area (Å²) in [5, 5.41) is 3.23. The number of rotatable bonds is 5. The predicted molar refractivity (Wildman–Crippen MR) is 95.2 cm³/mol. The van der Waals surface area contributed by atoms with Gasteiger partial charge in [0, 0.05) is 20.1 Å². The van der Waals surface area contributed by atoms with Crippen molar-refractivity contribution in [3.8, 4) is 11.5 Å². The van der Waals surface area contributed by atoms with Crippen LogP contribution in [-0.2, 0) is 16.1 Å². The molecule has 0 saturated carbocycles. The molecule has 1 aromatic rings. The van der Waals surface area contributed by atoms with E-state index in [1.54, 1.807) is 19.1 Å². The zero-order chi connectivity index (χ0) is 17.0. The Balaban J connectivity index is 0.00000288. The number of likely N-dealkylation sites (N-methyl/N-ethyl adjacent to an activating group) is 1. The molecule has 1 heterocycles. The molecule has 1 amide bonds. The molecule has 1 aromatic carbocycles. The summed E-state index contributed by atoms with van der Waals surface area (Å²) in [6.45, 7) is 5.77. The molecule has 0 aliphatic carbocycles. The second-order valence-corrected chi connectivity index (χ2v) is 5.84. The van der Waals surface area contributed by atoms with E-state index >= 15 is 0 Å². The summed E-state index contributed by atoms with van der Waals surface area (Å²) in [5.41, 5.74) is 2.09. The molecule has 1 saturated heterocycles. The Morgan fingerprint density at radius 2 is 1.96 bits per heavy atom. The Morgan fingerprint density at radius 1 is 1.33 bits per heavy atom. The molecule has 2 rings (SSSR count). The van der Waals surface area contributed by atoms with Gasteiger partial charge in [-0.15, -0.1) is 12.4 Å². The van der Waals surface area contributed by atoms with Crippen LogP contribution < -0.4 is 14.8 Å². The fourth-order valence-corrected chi connectivity index (χ4v) is 2.77. The van der Waals surface area contributed by atoms with Gasteiger partial charge in [0.05, 0.1) is 26.9 Å². The highest BCUT2D eigenvalue weighted by Gasteiger charge is 2.30. The van der Waals surface area contributed by atoms with Gasteiger partial charge in [0.25, 0.3) is 0 Å². The number of benzene rings is 1. The lowest BCUT2D eigenvalue weighted by atomic mass is 10.1. The van der Waals surface area contributed by atoms with Gasteiger partial charge in [-0.25, -0.2) is 0 Å². The molecular weight excluding hydrogens is 332 g/mol. The topological polar surface area (TPSA) is 60.0 Å². The molecule has 24 heavy (non-hydrogen) atoms. The molecule has 0 aromatic heterocycles. The molecule has 1 fully saturated rings. The Bertz CT molecular complexity index is 568. The van der Waals surface area contributed by atoms with Gasteiger partial charge in [-0.3, -0.25) is 4.79 Å². The van der Waals surface area contributed by atoms with Crippen LogP contribution in [0.3, 0.4) is 0 Å². The largest absolute Gasteiger partial charge is 0.493 e. The Hall–Kier alpha value is -1.50. The van der Waals surface area contributed by atoms with E-state index in [4.69, 9.17) is 14.2 Å². The minimum Gasteiger partial charge on any atom is -0.493 e. The first-order valence-electron chi connectivity index (χ1n) is 7.79. The van der Waals surface area contributed by atoms with E-state index in [9.17, 15) is 4.79 Å². The lowest BCUT2D eigenvalue weighted by molar-refractivity contribution is -0.138. The van der Waals surface area contributed by atoms with Crippen molar-refractivity contribution in [1.29, 1.82) is 0 Å². The number of amides is 1. The molecule has 2 atom stereocenters. The van der Waals surface area contributed by atoms with Crippen LogP contribution in [-0.4, -0.2) is 57.4 Å². The van der Waals surface area contributed by atoms with Gasteiger partial charge in [0.1, 0.15) is 6.04 Å². The minimum atomic E-state index is -0.297. The third-order valence-electron chi connectivity index (χ3n) is 4.21. The van der Waals surface area contributed by atoms with Crippen molar-refractivity contribution in [2.75, 3.05) is 34.4 Å². The lowest BCUT2D eigenvalue weighted by Crippen LogP contribution is -2.55. The highest BCUT2D eigenvalue weighted by atomic mass is 35.5. The second kappa shape index (κ2) is 9.11. The molecule has 6 nitrogen and oxygen atoms in total. The molecule has 0 unspecified atom stereocenters. The highest BCUT2D eigenvalue weighted by Crippen LogP contribution is 2.30. The quantitative estimate of drug-likeness (QED) is 0.869. The van der Waals surface area contributed by atoms with E-state index in [2.05, 4.69) is 5.32 Å². The highest BCUT2D eigenvalue weighted by molar-refractivity contribution is 5.85. The Labute approximate surface area is 149 Å². The smallest absolute Gasteiger partial charge is 0.242 e.